The lowest BCUT2D eigenvalue weighted by atomic mass is 10.1. The van der Waals surface area contributed by atoms with Crippen molar-refractivity contribution in [3.05, 3.63) is 41.4 Å². The lowest BCUT2D eigenvalue weighted by Gasteiger charge is -2.02. The third kappa shape index (κ3) is 3.25. The zero-order valence-corrected chi connectivity index (χ0v) is 9.49. The number of rotatable bonds is 2. The normalized spacial score (nSPS) is 10.8. The molecule has 16 heavy (non-hydrogen) atoms. The molecule has 0 spiro atoms. The summed E-state index contributed by atoms with van der Waals surface area (Å²) in [6.45, 7) is 4.24. The van der Waals surface area contributed by atoms with Crippen LogP contribution in [-0.4, -0.2) is 11.2 Å². The number of pyridine rings is 1. The molecule has 0 amide bonds. The lowest BCUT2D eigenvalue weighted by Crippen LogP contribution is -1.91. The van der Waals surface area contributed by atoms with Gasteiger partial charge in [-0.25, -0.2) is 4.98 Å². The van der Waals surface area contributed by atoms with Crippen LogP contribution in [0.5, 0.6) is 0 Å². The molecule has 1 aromatic rings. The molecule has 0 saturated heterocycles. The van der Waals surface area contributed by atoms with Crippen LogP contribution in [0.2, 0.25) is 0 Å². The van der Waals surface area contributed by atoms with Gasteiger partial charge >= 0.3 is 0 Å². The molecule has 0 saturated carbocycles. The maximum atomic E-state index is 7.02. The summed E-state index contributed by atoms with van der Waals surface area (Å²) in [4.78, 5) is 4.22. The van der Waals surface area contributed by atoms with Gasteiger partial charge in [-0.2, -0.15) is 0 Å². The standard InChI is InChI=1S/C13H15N3/c1-10(2)12-4-6-13(16-9-12)5-3-11(7-14)8-15/h4,6-10,14H,15H2,1-2H3. The number of hydrogen-bond donors (Lipinski definition) is 2. The van der Waals surface area contributed by atoms with Crippen molar-refractivity contribution < 1.29 is 0 Å². The van der Waals surface area contributed by atoms with Crippen LogP contribution in [-0.2, 0) is 0 Å². The van der Waals surface area contributed by atoms with E-state index in [1.165, 1.54) is 11.8 Å². The van der Waals surface area contributed by atoms with Gasteiger partial charge in [0.05, 0.1) is 5.57 Å². The molecule has 0 aliphatic heterocycles. The Hall–Kier alpha value is -2.08. The lowest BCUT2D eigenvalue weighted by molar-refractivity contribution is 0.857. The van der Waals surface area contributed by atoms with Crippen LogP contribution < -0.4 is 5.73 Å². The number of nitrogens with one attached hydrogen (secondary N) is 1. The van der Waals surface area contributed by atoms with Crippen molar-refractivity contribution in [2.75, 3.05) is 0 Å². The van der Waals surface area contributed by atoms with E-state index in [4.69, 9.17) is 11.1 Å². The minimum atomic E-state index is 0.468. The summed E-state index contributed by atoms with van der Waals surface area (Å²) in [6, 6.07) is 3.89. The summed E-state index contributed by atoms with van der Waals surface area (Å²) < 4.78 is 0. The third-order valence-corrected chi connectivity index (χ3v) is 2.12. The Morgan fingerprint density at radius 2 is 2.25 bits per heavy atom. The summed E-state index contributed by atoms with van der Waals surface area (Å²) in [6.07, 6.45) is 4.25. The van der Waals surface area contributed by atoms with Gasteiger partial charge in [-0.05, 0) is 23.5 Å². The minimum absolute atomic E-state index is 0.468. The van der Waals surface area contributed by atoms with Gasteiger partial charge in [0, 0.05) is 18.6 Å². The summed E-state index contributed by atoms with van der Waals surface area (Å²) in [5.74, 6) is 6.08. The van der Waals surface area contributed by atoms with Gasteiger partial charge in [0.15, 0.2) is 0 Å². The Labute approximate surface area is 95.9 Å². The quantitative estimate of drug-likeness (QED) is 0.583. The first-order chi connectivity index (χ1) is 7.67. The van der Waals surface area contributed by atoms with Crippen LogP contribution in [0.1, 0.15) is 31.0 Å². The van der Waals surface area contributed by atoms with Gasteiger partial charge in [0.25, 0.3) is 0 Å². The molecule has 1 rings (SSSR count). The van der Waals surface area contributed by atoms with E-state index in [0.29, 0.717) is 17.2 Å². The molecule has 0 atom stereocenters. The predicted molar refractivity (Wildman–Crippen MR) is 66.3 cm³/mol. The number of nitrogens with two attached hydrogens (primary N) is 1. The molecule has 1 aromatic heterocycles. The molecule has 0 fully saturated rings. The van der Waals surface area contributed by atoms with Crippen molar-refractivity contribution in [3.63, 3.8) is 0 Å². The van der Waals surface area contributed by atoms with Crippen molar-refractivity contribution in [1.82, 2.24) is 4.98 Å². The monoisotopic (exact) mass is 213 g/mol. The Morgan fingerprint density at radius 3 is 2.69 bits per heavy atom. The van der Waals surface area contributed by atoms with Gasteiger partial charge in [-0.15, -0.1) is 0 Å². The molecule has 0 unspecified atom stereocenters. The van der Waals surface area contributed by atoms with Crippen LogP contribution in [0.15, 0.2) is 30.1 Å². The first-order valence-electron chi connectivity index (χ1n) is 5.07. The highest BCUT2D eigenvalue weighted by molar-refractivity contribution is 5.82. The van der Waals surface area contributed by atoms with E-state index >= 15 is 0 Å². The van der Waals surface area contributed by atoms with E-state index in [0.717, 1.165) is 6.21 Å². The van der Waals surface area contributed by atoms with E-state index in [1.54, 1.807) is 0 Å². The fourth-order valence-corrected chi connectivity index (χ4v) is 1.08. The van der Waals surface area contributed by atoms with Crippen LogP contribution in [0.25, 0.3) is 0 Å². The predicted octanol–water partition coefficient (Wildman–Crippen LogP) is 2.05. The summed E-state index contributed by atoms with van der Waals surface area (Å²) in [5.41, 5.74) is 7.63. The maximum Gasteiger partial charge on any atom is 0.113 e. The number of nitrogens with zero attached hydrogens (tertiary/aromatic N) is 1. The second kappa shape index (κ2) is 5.72. The molecule has 0 bridgehead atoms. The fraction of sp³-hybridized carbons (Fsp3) is 0.231. The van der Waals surface area contributed by atoms with E-state index in [-0.39, 0.29) is 0 Å². The molecule has 0 aromatic carbocycles. The van der Waals surface area contributed by atoms with Crippen LogP contribution in [0.4, 0.5) is 0 Å². The minimum Gasteiger partial charge on any atom is -0.404 e. The highest BCUT2D eigenvalue weighted by Gasteiger charge is 1.98. The molecule has 82 valence electrons. The van der Waals surface area contributed by atoms with E-state index in [2.05, 4.69) is 30.7 Å². The molecule has 0 aliphatic rings. The van der Waals surface area contributed by atoms with Crippen molar-refractivity contribution in [2.24, 2.45) is 5.73 Å². The Bertz CT molecular complexity index is 444. The van der Waals surface area contributed by atoms with E-state index < -0.39 is 0 Å². The van der Waals surface area contributed by atoms with E-state index in [1.807, 2.05) is 18.3 Å². The molecule has 1 heterocycles. The van der Waals surface area contributed by atoms with Crippen molar-refractivity contribution in [2.45, 2.75) is 19.8 Å². The maximum absolute atomic E-state index is 7.02. The number of hydrogen-bond acceptors (Lipinski definition) is 3. The van der Waals surface area contributed by atoms with Gasteiger partial charge < -0.3 is 11.1 Å². The van der Waals surface area contributed by atoms with Crippen LogP contribution >= 0.6 is 0 Å². The molecule has 3 nitrogen and oxygen atoms in total. The summed E-state index contributed by atoms with van der Waals surface area (Å²) in [5, 5.41) is 7.02. The van der Waals surface area contributed by atoms with Crippen LogP contribution in [0.3, 0.4) is 0 Å². The molecular weight excluding hydrogens is 198 g/mol. The first kappa shape index (κ1) is 12.0. The SMILES string of the molecule is CC(C)c1ccc(C#CC(C=N)=CN)nc1. The topological polar surface area (TPSA) is 62.8 Å². The van der Waals surface area contributed by atoms with Crippen molar-refractivity contribution in [1.29, 1.82) is 5.41 Å². The molecule has 0 radical (unpaired) electrons. The second-order valence-corrected chi connectivity index (χ2v) is 3.65. The summed E-state index contributed by atoms with van der Waals surface area (Å²) >= 11 is 0. The summed E-state index contributed by atoms with van der Waals surface area (Å²) in [7, 11) is 0. The Balaban J connectivity index is 2.87. The van der Waals surface area contributed by atoms with Crippen LogP contribution in [0, 0.1) is 17.3 Å². The fourth-order valence-electron chi connectivity index (χ4n) is 1.08. The third-order valence-electron chi connectivity index (χ3n) is 2.12. The smallest absolute Gasteiger partial charge is 0.113 e. The average Bonchev–Trinajstić information content (AvgIpc) is 2.31. The Morgan fingerprint density at radius 1 is 1.50 bits per heavy atom. The zero-order chi connectivity index (χ0) is 12.0. The molecular formula is C13H15N3. The largest absolute Gasteiger partial charge is 0.404 e. The van der Waals surface area contributed by atoms with E-state index in [9.17, 15) is 0 Å². The first-order valence-corrected chi connectivity index (χ1v) is 5.07. The number of allylic oxidation sites excluding steroid dienone is 1. The van der Waals surface area contributed by atoms with Gasteiger partial charge in [0.2, 0.25) is 0 Å². The molecule has 0 aliphatic carbocycles. The van der Waals surface area contributed by atoms with Gasteiger partial charge in [-0.1, -0.05) is 25.8 Å². The van der Waals surface area contributed by atoms with Gasteiger partial charge in [-0.3, -0.25) is 0 Å². The highest BCUT2D eigenvalue weighted by atomic mass is 14.7. The van der Waals surface area contributed by atoms with Gasteiger partial charge in [0.1, 0.15) is 5.69 Å². The number of aromatic nitrogens is 1. The molecule has 3 N–H and O–H groups in total. The van der Waals surface area contributed by atoms with Crippen molar-refractivity contribution in [3.8, 4) is 11.8 Å². The Kier molecular flexibility index (Phi) is 4.28. The second-order valence-electron chi connectivity index (χ2n) is 3.65. The van der Waals surface area contributed by atoms with Crippen molar-refractivity contribution >= 4 is 6.21 Å². The zero-order valence-electron chi connectivity index (χ0n) is 9.49. The molecule has 3 heteroatoms. The average molecular weight is 213 g/mol. The highest BCUT2D eigenvalue weighted by Crippen LogP contribution is 2.12.